The van der Waals surface area contributed by atoms with E-state index in [1.165, 1.54) is 12.1 Å². The van der Waals surface area contributed by atoms with Crippen LogP contribution in [0.15, 0.2) is 67.1 Å². The lowest BCUT2D eigenvalue weighted by molar-refractivity contribution is 0.402. The molecule has 0 unspecified atom stereocenters. The molecule has 0 bridgehead atoms. The Morgan fingerprint density at radius 3 is 2.61 bits per heavy atom. The maximum atomic E-state index is 15.1. The lowest BCUT2D eigenvalue weighted by Gasteiger charge is -2.10. The van der Waals surface area contributed by atoms with Crippen molar-refractivity contribution in [3.63, 3.8) is 0 Å². The van der Waals surface area contributed by atoms with Crippen LogP contribution < -0.4 is 0 Å². The molecule has 6 rings (SSSR count). The second-order valence-electron chi connectivity index (χ2n) is 8.89. The third kappa shape index (κ3) is 3.79. The van der Waals surface area contributed by atoms with Gasteiger partial charge in [-0.15, -0.1) is 0 Å². The third-order valence-electron chi connectivity index (χ3n) is 6.01. The summed E-state index contributed by atoms with van der Waals surface area (Å²) in [6.45, 7) is 0.722. The van der Waals surface area contributed by atoms with E-state index in [9.17, 15) is 4.39 Å². The molecule has 9 heteroatoms. The van der Waals surface area contributed by atoms with Gasteiger partial charge in [0.15, 0.2) is 5.82 Å². The molecule has 7 nitrogen and oxygen atoms in total. The molecule has 0 aliphatic rings. The standard InChI is InChI=1S/C27H21F2N7/c1-36(2)14-15-9-17(13-30-12-15)16-10-19-23(21(29)11-16)34-35-25(19)27-32-22-7-8-31-24(26(22)33-27)18-5-3-4-6-20(18)28/h3-13H,14H2,1-2H3,(H,32,33)(H,34,35). The van der Waals surface area contributed by atoms with Crippen LogP contribution in [0, 0.1) is 11.6 Å². The van der Waals surface area contributed by atoms with E-state index in [0.29, 0.717) is 44.8 Å². The van der Waals surface area contributed by atoms with Crippen LogP contribution in [-0.4, -0.2) is 49.1 Å². The SMILES string of the molecule is CN(C)Cc1cncc(-c2cc(F)c3[nH]nc(-c4nc5c(-c6ccccc6F)nccc5[nH]4)c3c2)c1. The van der Waals surface area contributed by atoms with E-state index in [1.54, 1.807) is 42.9 Å². The Morgan fingerprint density at radius 2 is 1.78 bits per heavy atom. The molecular weight excluding hydrogens is 460 g/mol. The first-order valence-electron chi connectivity index (χ1n) is 11.3. The van der Waals surface area contributed by atoms with Gasteiger partial charge in [-0.25, -0.2) is 13.8 Å². The van der Waals surface area contributed by atoms with Gasteiger partial charge in [-0.05, 0) is 61.6 Å². The van der Waals surface area contributed by atoms with E-state index in [1.807, 2.05) is 31.1 Å². The highest BCUT2D eigenvalue weighted by Crippen LogP contribution is 2.34. The van der Waals surface area contributed by atoms with Crippen molar-refractivity contribution in [3.05, 3.63) is 84.3 Å². The van der Waals surface area contributed by atoms with Gasteiger partial charge in [-0.1, -0.05) is 12.1 Å². The predicted molar refractivity (Wildman–Crippen MR) is 135 cm³/mol. The molecule has 0 aliphatic heterocycles. The molecule has 0 saturated heterocycles. The van der Waals surface area contributed by atoms with Crippen molar-refractivity contribution in [3.8, 4) is 33.9 Å². The number of nitrogens with one attached hydrogen (secondary N) is 2. The number of rotatable bonds is 5. The summed E-state index contributed by atoms with van der Waals surface area (Å²) in [6, 6.07) is 13.5. The van der Waals surface area contributed by atoms with E-state index >= 15 is 4.39 Å². The van der Waals surface area contributed by atoms with Gasteiger partial charge >= 0.3 is 0 Å². The molecule has 2 aromatic carbocycles. The van der Waals surface area contributed by atoms with Gasteiger partial charge in [0, 0.05) is 41.6 Å². The van der Waals surface area contributed by atoms with Crippen LogP contribution in [0.5, 0.6) is 0 Å². The van der Waals surface area contributed by atoms with Gasteiger partial charge in [0.25, 0.3) is 0 Å². The predicted octanol–water partition coefficient (Wildman–Crippen LogP) is 5.57. The maximum absolute atomic E-state index is 15.1. The smallest absolute Gasteiger partial charge is 0.159 e. The minimum absolute atomic E-state index is 0.277. The topological polar surface area (TPSA) is 86.4 Å². The van der Waals surface area contributed by atoms with Crippen molar-refractivity contribution in [1.82, 2.24) is 35.0 Å². The first-order valence-corrected chi connectivity index (χ1v) is 11.3. The number of fused-ring (bicyclic) bond motifs is 2. The Labute approximate surface area is 204 Å². The zero-order valence-corrected chi connectivity index (χ0v) is 19.5. The summed E-state index contributed by atoms with van der Waals surface area (Å²) in [5.74, 6) is -0.383. The first-order chi connectivity index (χ1) is 17.5. The number of H-pyrrole nitrogens is 2. The number of nitrogens with zero attached hydrogens (tertiary/aromatic N) is 5. The number of pyridine rings is 2. The number of hydrogen-bond acceptors (Lipinski definition) is 5. The molecule has 2 N–H and O–H groups in total. The quantitative estimate of drug-likeness (QED) is 0.336. The number of hydrogen-bond donors (Lipinski definition) is 2. The highest BCUT2D eigenvalue weighted by atomic mass is 19.1. The van der Waals surface area contributed by atoms with Crippen LogP contribution in [-0.2, 0) is 6.54 Å². The lowest BCUT2D eigenvalue weighted by Crippen LogP contribution is -2.10. The summed E-state index contributed by atoms with van der Waals surface area (Å²) < 4.78 is 29.6. The fourth-order valence-electron chi connectivity index (χ4n) is 4.42. The summed E-state index contributed by atoms with van der Waals surface area (Å²) in [6.07, 6.45) is 5.12. The molecule has 4 aromatic heterocycles. The van der Waals surface area contributed by atoms with Crippen molar-refractivity contribution in [2.24, 2.45) is 0 Å². The highest BCUT2D eigenvalue weighted by molar-refractivity contribution is 5.97. The van der Waals surface area contributed by atoms with Crippen molar-refractivity contribution in [2.75, 3.05) is 14.1 Å². The zero-order chi connectivity index (χ0) is 24.8. The number of aromatic amines is 2. The minimum Gasteiger partial charge on any atom is -0.336 e. The van der Waals surface area contributed by atoms with E-state index in [-0.39, 0.29) is 11.3 Å². The van der Waals surface area contributed by atoms with Gasteiger partial charge in [0.1, 0.15) is 34.1 Å². The average Bonchev–Trinajstić information content (AvgIpc) is 3.48. The molecule has 4 heterocycles. The molecule has 0 amide bonds. The first kappa shape index (κ1) is 22.0. The van der Waals surface area contributed by atoms with Crippen LogP contribution in [0.2, 0.25) is 0 Å². The Kier molecular flexibility index (Phi) is 5.26. The van der Waals surface area contributed by atoms with Crippen LogP contribution in [0.25, 0.3) is 55.8 Å². The second-order valence-corrected chi connectivity index (χ2v) is 8.89. The van der Waals surface area contributed by atoms with Crippen molar-refractivity contribution >= 4 is 21.9 Å². The van der Waals surface area contributed by atoms with Gasteiger partial charge in [-0.3, -0.25) is 15.1 Å². The number of halogens is 2. The van der Waals surface area contributed by atoms with E-state index in [2.05, 4.69) is 25.1 Å². The molecule has 36 heavy (non-hydrogen) atoms. The monoisotopic (exact) mass is 481 g/mol. The molecule has 0 fully saturated rings. The largest absolute Gasteiger partial charge is 0.336 e. The molecule has 0 spiro atoms. The Morgan fingerprint density at radius 1 is 0.917 bits per heavy atom. The molecule has 0 radical (unpaired) electrons. The number of benzene rings is 2. The summed E-state index contributed by atoms with van der Waals surface area (Å²) in [4.78, 5) is 18.7. The van der Waals surface area contributed by atoms with E-state index < -0.39 is 5.82 Å². The van der Waals surface area contributed by atoms with Crippen molar-refractivity contribution < 1.29 is 8.78 Å². The van der Waals surface area contributed by atoms with Crippen LogP contribution in [0.1, 0.15) is 5.56 Å². The normalized spacial score (nSPS) is 11.7. The van der Waals surface area contributed by atoms with Crippen LogP contribution in [0.4, 0.5) is 8.78 Å². The van der Waals surface area contributed by atoms with Crippen molar-refractivity contribution in [2.45, 2.75) is 6.54 Å². The third-order valence-corrected chi connectivity index (χ3v) is 6.01. The fraction of sp³-hybridized carbons (Fsp3) is 0.111. The van der Waals surface area contributed by atoms with Gasteiger partial charge in [-0.2, -0.15) is 5.10 Å². The van der Waals surface area contributed by atoms with E-state index in [0.717, 1.165) is 17.7 Å². The molecule has 6 aromatic rings. The molecule has 0 aliphatic carbocycles. The van der Waals surface area contributed by atoms with Crippen LogP contribution in [0.3, 0.4) is 0 Å². The Hall–Kier alpha value is -4.50. The second kappa shape index (κ2) is 8.62. The summed E-state index contributed by atoms with van der Waals surface area (Å²) in [5, 5.41) is 7.72. The lowest BCUT2D eigenvalue weighted by atomic mass is 10.0. The Bertz CT molecular complexity index is 1740. The summed E-state index contributed by atoms with van der Waals surface area (Å²) in [7, 11) is 3.97. The highest BCUT2D eigenvalue weighted by Gasteiger charge is 2.19. The van der Waals surface area contributed by atoms with Gasteiger partial charge in [0.2, 0.25) is 0 Å². The van der Waals surface area contributed by atoms with Gasteiger partial charge in [0.05, 0.1) is 5.52 Å². The number of aromatic nitrogens is 6. The number of imidazole rings is 1. The summed E-state index contributed by atoms with van der Waals surface area (Å²) in [5.41, 5.74) is 5.19. The zero-order valence-electron chi connectivity index (χ0n) is 19.5. The molecular formula is C27H21F2N7. The maximum Gasteiger partial charge on any atom is 0.159 e. The molecule has 0 saturated carbocycles. The van der Waals surface area contributed by atoms with E-state index in [4.69, 9.17) is 4.98 Å². The van der Waals surface area contributed by atoms with Crippen molar-refractivity contribution in [1.29, 1.82) is 0 Å². The summed E-state index contributed by atoms with van der Waals surface area (Å²) >= 11 is 0. The van der Waals surface area contributed by atoms with Gasteiger partial charge < -0.3 is 9.88 Å². The average molecular weight is 482 g/mol. The van der Waals surface area contributed by atoms with Crippen LogP contribution >= 0.6 is 0 Å². The molecule has 0 atom stereocenters. The minimum atomic E-state index is -0.427. The molecule has 178 valence electrons. The fourth-order valence-corrected chi connectivity index (χ4v) is 4.42. The Balaban J connectivity index is 1.49.